The lowest BCUT2D eigenvalue weighted by Gasteiger charge is -2.30. The third-order valence-electron chi connectivity index (χ3n) is 5.07. The van der Waals surface area contributed by atoms with Gasteiger partial charge in [0, 0.05) is 65.4 Å². The van der Waals surface area contributed by atoms with Crippen LogP contribution in [0.3, 0.4) is 0 Å². The lowest BCUT2D eigenvalue weighted by Crippen LogP contribution is -2.50. The fourth-order valence-corrected chi connectivity index (χ4v) is 2.75. The topological polar surface area (TPSA) is 198 Å². The van der Waals surface area contributed by atoms with E-state index in [1.165, 1.54) is 0 Å². The second kappa shape index (κ2) is 14.6. The van der Waals surface area contributed by atoms with Crippen LogP contribution in [0.25, 0.3) is 0 Å². The molecule has 0 unspecified atom stereocenters. The van der Waals surface area contributed by atoms with Crippen LogP contribution in [0.4, 0.5) is 0 Å². The van der Waals surface area contributed by atoms with Crippen LogP contribution in [0, 0.1) is 10.8 Å². The van der Waals surface area contributed by atoms with Crippen molar-refractivity contribution < 1.29 is 0 Å². The van der Waals surface area contributed by atoms with Crippen LogP contribution < -0.4 is 40.7 Å². The third kappa shape index (κ3) is 15.3. The summed E-state index contributed by atoms with van der Waals surface area (Å²) < 4.78 is 0. The fourth-order valence-electron chi connectivity index (χ4n) is 2.75. The Bertz CT molecular complexity index is 395. The van der Waals surface area contributed by atoms with Crippen molar-refractivity contribution in [2.45, 2.75) is 27.7 Å². The summed E-state index contributed by atoms with van der Waals surface area (Å²) in [7, 11) is 0. The molecule has 182 valence electrons. The number of hydrazine groups is 5. The molecule has 0 spiro atoms. The molecule has 12 heteroatoms. The molecule has 0 aliphatic heterocycles. The highest BCUT2D eigenvalue weighted by molar-refractivity contribution is 4.73. The summed E-state index contributed by atoms with van der Waals surface area (Å²) in [5.41, 5.74) is 11.5. The first-order valence-electron chi connectivity index (χ1n) is 10.7. The highest BCUT2D eigenvalue weighted by Gasteiger charge is 2.19. The Hall–Kier alpha value is -0.480. The quantitative estimate of drug-likeness (QED) is 0.0844. The standard InChI is InChI=1S/C18H50N12/c1-17(2,13-19)15-29(24)11-9-27(22)7-5-26(21)6-8-28(23)10-12-30(25)16-18(3,4)14-20/h5-16,19-25H2,1-4H3. The van der Waals surface area contributed by atoms with E-state index in [-0.39, 0.29) is 10.8 Å². The minimum absolute atomic E-state index is 0.0160. The lowest BCUT2D eigenvalue weighted by atomic mass is 9.94. The Morgan fingerprint density at radius 2 is 0.633 bits per heavy atom. The summed E-state index contributed by atoms with van der Waals surface area (Å²) in [6.45, 7) is 16.1. The van der Waals surface area contributed by atoms with Crippen molar-refractivity contribution in [2.24, 2.45) is 51.5 Å². The van der Waals surface area contributed by atoms with E-state index in [9.17, 15) is 0 Å². The van der Waals surface area contributed by atoms with E-state index in [1.54, 1.807) is 25.0 Å². The van der Waals surface area contributed by atoms with Gasteiger partial charge in [-0.25, -0.2) is 25.0 Å². The second-order valence-electron chi connectivity index (χ2n) is 9.79. The van der Waals surface area contributed by atoms with E-state index in [1.807, 2.05) is 0 Å². The van der Waals surface area contributed by atoms with Crippen molar-refractivity contribution >= 4 is 0 Å². The molecular formula is C18H50N12. The van der Waals surface area contributed by atoms with Crippen molar-refractivity contribution in [3.8, 4) is 0 Å². The first kappa shape index (κ1) is 29.5. The predicted octanol–water partition coefficient (Wildman–Crippen LogP) is -3.17. The SMILES string of the molecule is CC(C)(CN)CN(N)CCN(N)CCN(N)CCN(N)CCN(N)CC(C)(C)CN. The summed E-state index contributed by atoms with van der Waals surface area (Å²) in [6, 6.07) is 0. The first-order valence-corrected chi connectivity index (χ1v) is 10.7. The van der Waals surface area contributed by atoms with E-state index < -0.39 is 0 Å². The molecule has 14 N–H and O–H groups in total. The number of nitrogens with zero attached hydrogens (tertiary/aromatic N) is 5. The molecule has 0 aliphatic carbocycles. The second-order valence-corrected chi connectivity index (χ2v) is 9.79. The minimum atomic E-state index is -0.0160. The van der Waals surface area contributed by atoms with Crippen LogP contribution in [0.1, 0.15) is 27.7 Å². The molecule has 0 rings (SSSR count). The van der Waals surface area contributed by atoms with Gasteiger partial charge < -0.3 is 11.5 Å². The maximum Gasteiger partial charge on any atom is 0.0271 e. The molecule has 0 fully saturated rings. The van der Waals surface area contributed by atoms with Gasteiger partial charge in [0.2, 0.25) is 0 Å². The summed E-state index contributed by atoms with van der Waals surface area (Å²) in [4.78, 5) is 0. The number of hydrogen-bond acceptors (Lipinski definition) is 12. The molecular weight excluding hydrogens is 384 g/mol. The fraction of sp³-hybridized carbons (Fsp3) is 1.00. The van der Waals surface area contributed by atoms with Gasteiger partial charge in [-0.3, -0.25) is 29.2 Å². The average Bonchev–Trinajstić information content (AvgIpc) is 2.66. The Kier molecular flexibility index (Phi) is 14.3. The first-order chi connectivity index (χ1) is 13.8. The molecule has 0 atom stereocenters. The van der Waals surface area contributed by atoms with Crippen LogP contribution in [0.5, 0.6) is 0 Å². The Balaban J connectivity index is 3.93. The zero-order valence-corrected chi connectivity index (χ0v) is 19.8. The van der Waals surface area contributed by atoms with E-state index in [0.717, 1.165) is 13.1 Å². The lowest BCUT2D eigenvalue weighted by molar-refractivity contribution is 0.134. The van der Waals surface area contributed by atoms with Gasteiger partial charge in [-0.1, -0.05) is 27.7 Å². The Morgan fingerprint density at radius 3 is 0.833 bits per heavy atom. The smallest absolute Gasteiger partial charge is 0.0271 e. The maximum absolute atomic E-state index is 6.06. The highest BCUT2D eigenvalue weighted by atomic mass is 15.5. The Labute approximate surface area is 183 Å². The van der Waals surface area contributed by atoms with Gasteiger partial charge in [-0.05, 0) is 23.9 Å². The molecule has 0 saturated heterocycles. The number of nitrogens with two attached hydrogens (primary N) is 7. The van der Waals surface area contributed by atoms with Crippen molar-refractivity contribution in [3.63, 3.8) is 0 Å². The molecule has 0 radical (unpaired) electrons. The molecule has 0 bridgehead atoms. The van der Waals surface area contributed by atoms with Gasteiger partial charge in [-0.15, -0.1) is 0 Å². The van der Waals surface area contributed by atoms with Crippen molar-refractivity contribution in [1.82, 2.24) is 25.0 Å². The summed E-state index contributed by atoms with van der Waals surface area (Å²) in [5, 5.41) is 8.68. The van der Waals surface area contributed by atoms with Gasteiger partial charge in [0.1, 0.15) is 0 Å². The predicted molar refractivity (Wildman–Crippen MR) is 124 cm³/mol. The van der Waals surface area contributed by atoms with Crippen LogP contribution in [0.15, 0.2) is 0 Å². The van der Waals surface area contributed by atoms with Crippen LogP contribution in [-0.4, -0.2) is 104 Å². The van der Waals surface area contributed by atoms with Crippen LogP contribution in [-0.2, 0) is 0 Å². The zero-order valence-electron chi connectivity index (χ0n) is 19.8. The number of rotatable bonds is 18. The van der Waals surface area contributed by atoms with Crippen LogP contribution >= 0.6 is 0 Å². The van der Waals surface area contributed by atoms with Gasteiger partial charge in [0.05, 0.1) is 0 Å². The molecule has 0 aromatic rings. The normalized spacial score (nSPS) is 13.6. The summed E-state index contributed by atoms with van der Waals surface area (Å²) in [6.07, 6.45) is 0. The third-order valence-corrected chi connectivity index (χ3v) is 5.07. The zero-order chi connectivity index (χ0) is 23.4. The Morgan fingerprint density at radius 1 is 0.433 bits per heavy atom. The van der Waals surface area contributed by atoms with E-state index in [2.05, 4.69) is 27.7 Å². The molecule has 30 heavy (non-hydrogen) atoms. The van der Waals surface area contributed by atoms with E-state index in [0.29, 0.717) is 65.4 Å². The van der Waals surface area contributed by atoms with Gasteiger partial charge in [-0.2, -0.15) is 0 Å². The summed E-state index contributed by atoms with van der Waals surface area (Å²) in [5.74, 6) is 30.2. The maximum atomic E-state index is 6.06. The highest BCUT2D eigenvalue weighted by Crippen LogP contribution is 2.13. The average molecular weight is 435 g/mol. The van der Waals surface area contributed by atoms with Gasteiger partial charge >= 0.3 is 0 Å². The number of hydrogen-bond donors (Lipinski definition) is 7. The summed E-state index contributed by atoms with van der Waals surface area (Å²) >= 11 is 0. The molecule has 0 aromatic heterocycles. The molecule has 12 nitrogen and oxygen atoms in total. The van der Waals surface area contributed by atoms with E-state index >= 15 is 0 Å². The molecule has 0 saturated carbocycles. The van der Waals surface area contributed by atoms with Crippen molar-refractivity contribution in [1.29, 1.82) is 0 Å². The van der Waals surface area contributed by atoms with E-state index in [4.69, 9.17) is 40.7 Å². The monoisotopic (exact) mass is 434 g/mol. The molecule has 0 heterocycles. The van der Waals surface area contributed by atoms with Crippen molar-refractivity contribution in [2.75, 3.05) is 78.5 Å². The van der Waals surface area contributed by atoms with Crippen LogP contribution in [0.2, 0.25) is 0 Å². The van der Waals surface area contributed by atoms with Crippen molar-refractivity contribution in [3.05, 3.63) is 0 Å². The molecule has 0 aliphatic rings. The molecule has 0 aromatic carbocycles. The van der Waals surface area contributed by atoms with Gasteiger partial charge in [0.15, 0.2) is 0 Å². The van der Waals surface area contributed by atoms with Gasteiger partial charge in [0.25, 0.3) is 0 Å². The largest absolute Gasteiger partial charge is 0.330 e. The molecule has 0 amide bonds. The minimum Gasteiger partial charge on any atom is -0.330 e.